The molecule has 0 atom stereocenters. The molecule has 0 N–H and O–H groups in total. The van der Waals surface area contributed by atoms with Crippen LogP contribution in [0.2, 0.25) is 0 Å². The number of hydrogen-bond acceptors (Lipinski definition) is 0. The predicted octanol–water partition coefficient (Wildman–Crippen LogP) is 1.76. The minimum atomic E-state index is 0.891. The van der Waals surface area contributed by atoms with Crippen LogP contribution >= 0.6 is 0 Å². The molecule has 0 aromatic carbocycles. The lowest BCUT2D eigenvalue weighted by atomic mass is 9.96. The van der Waals surface area contributed by atoms with E-state index in [1.54, 1.807) is 0 Å². The summed E-state index contributed by atoms with van der Waals surface area (Å²) in [6.07, 6.45) is 10.9. The number of allylic oxidation sites excluding steroid dienone is 3. The van der Waals surface area contributed by atoms with E-state index in [9.17, 15) is 0 Å². The Balaban J connectivity index is 2.32. The minimum Gasteiger partial charge on any atom is -0.288 e. The van der Waals surface area contributed by atoms with Crippen LogP contribution in [0.15, 0.2) is 35.6 Å². The third kappa shape index (κ3) is 0.878. The Bertz CT molecular complexity index is 197. The SMILES string of the molecule is C1=CC2=C(C=C[N]C2)CC1. The summed E-state index contributed by atoms with van der Waals surface area (Å²) in [4.78, 5) is 0. The highest BCUT2D eigenvalue weighted by atomic mass is 14.8. The summed E-state index contributed by atoms with van der Waals surface area (Å²) in [6, 6.07) is 0. The molecule has 0 unspecified atom stereocenters. The molecule has 1 aliphatic heterocycles. The van der Waals surface area contributed by atoms with Gasteiger partial charge in [-0.05, 0) is 30.1 Å². The predicted molar refractivity (Wildman–Crippen MR) is 41.5 cm³/mol. The zero-order chi connectivity index (χ0) is 6.81. The molecule has 0 fully saturated rings. The first-order valence-electron chi connectivity index (χ1n) is 3.68. The Labute approximate surface area is 61.1 Å². The molecule has 1 radical (unpaired) electrons. The molecule has 51 valence electrons. The summed E-state index contributed by atoms with van der Waals surface area (Å²) >= 11 is 0. The van der Waals surface area contributed by atoms with Gasteiger partial charge in [0, 0.05) is 6.20 Å². The zero-order valence-electron chi connectivity index (χ0n) is 5.88. The quantitative estimate of drug-likeness (QED) is 0.477. The van der Waals surface area contributed by atoms with Crippen LogP contribution in [0.5, 0.6) is 0 Å². The highest BCUT2D eigenvalue weighted by Crippen LogP contribution is 2.21. The molecular formula is C9H10N. The summed E-state index contributed by atoms with van der Waals surface area (Å²) in [5, 5.41) is 4.17. The van der Waals surface area contributed by atoms with Crippen molar-refractivity contribution in [1.82, 2.24) is 5.32 Å². The fourth-order valence-electron chi connectivity index (χ4n) is 1.37. The molecule has 2 rings (SSSR count). The van der Waals surface area contributed by atoms with Gasteiger partial charge < -0.3 is 0 Å². The second-order valence-electron chi connectivity index (χ2n) is 2.65. The molecule has 0 spiro atoms. The second-order valence-corrected chi connectivity index (χ2v) is 2.65. The lowest BCUT2D eigenvalue weighted by Crippen LogP contribution is -2.09. The maximum absolute atomic E-state index is 4.17. The molecule has 0 amide bonds. The second kappa shape index (κ2) is 2.33. The van der Waals surface area contributed by atoms with Crippen LogP contribution < -0.4 is 5.32 Å². The van der Waals surface area contributed by atoms with E-state index in [2.05, 4.69) is 23.5 Å². The van der Waals surface area contributed by atoms with E-state index in [4.69, 9.17) is 0 Å². The van der Waals surface area contributed by atoms with E-state index in [1.165, 1.54) is 24.0 Å². The first kappa shape index (κ1) is 5.78. The van der Waals surface area contributed by atoms with Gasteiger partial charge in [-0.1, -0.05) is 12.2 Å². The molecule has 1 heterocycles. The van der Waals surface area contributed by atoms with Gasteiger partial charge in [0.25, 0.3) is 0 Å². The Morgan fingerprint density at radius 2 is 2.20 bits per heavy atom. The van der Waals surface area contributed by atoms with E-state index >= 15 is 0 Å². The van der Waals surface area contributed by atoms with E-state index in [-0.39, 0.29) is 0 Å². The van der Waals surface area contributed by atoms with Gasteiger partial charge in [0.05, 0.1) is 6.54 Å². The lowest BCUT2D eigenvalue weighted by Gasteiger charge is -2.15. The molecule has 1 heteroatoms. The van der Waals surface area contributed by atoms with Gasteiger partial charge in [-0.25, -0.2) is 0 Å². The van der Waals surface area contributed by atoms with E-state index in [1.807, 2.05) is 6.20 Å². The van der Waals surface area contributed by atoms with Crippen molar-refractivity contribution < 1.29 is 0 Å². The number of hydrogen-bond donors (Lipinski definition) is 0. The van der Waals surface area contributed by atoms with Crippen LogP contribution in [-0.4, -0.2) is 6.54 Å². The van der Waals surface area contributed by atoms with Crippen LogP contribution in [0.25, 0.3) is 0 Å². The highest BCUT2D eigenvalue weighted by molar-refractivity contribution is 5.39. The van der Waals surface area contributed by atoms with Crippen LogP contribution in [0.1, 0.15) is 12.8 Å². The van der Waals surface area contributed by atoms with Crippen LogP contribution in [0.3, 0.4) is 0 Å². The lowest BCUT2D eigenvalue weighted by molar-refractivity contribution is 0.855. The highest BCUT2D eigenvalue weighted by Gasteiger charge is 2.07. The van der Waals surface area contributed by atoms with Gasteiger partial charge in [-0.3, -0.25) is 5.32 Å². The van der Waals surface area contributed by atoms with Crippen molar-refractivity contribution in [2.24, 2.45) is 0 Å². The maximum atomic E-state index is 4.17. The summed E-state index contributed by atoms with van der Waals surface area (Å²) in [7, 11) is 0. The van der Waals surface area contributed by atoms with Crippen molar-refractivity contribution in [3.8, 4) is 0 Å². The molecular weight excluding hydrogens is 122 g/mol. The molecule has 1 aliphatic carbocycles. The standard InChI is InChI=1S/C9H10N/c1-2-4-9-7-10-6-5-8(9)3-1/h2,4-6H,1,3,7H2. The van der Waals surface area contributed by atoms with E-state index in [0.29, 0.717) is 0 Å². The fourth-order valence-corrected chi connectivity index (χ4v) is 1.37. The van der Waals surface area contributed by atoms with Crippen molar-refractivity contribution in [1.29, 1.82) is 0 Å². The van der Waals surface area contributed by atoms with Crippen molar-refractivity contribution >= 4 is 0 Å². The normalized spacial score (nSPS) is 22.4. The average molecular weight is 132 g/mol. The molecule has 0 aromatic heterocycles. The number of nitrogens with zero attached hydrogens (tertiary/aromatic N) is 1. The van der Waals surface area contributed by atoms with Gasteiger partial charge in [0.2, 0.25) is 0 Å². The van der Waals surface area contributed by atoms with Gasteiger partial charge in [0.15, 0.2) is 0 Å². The maximum Gasteiger partial charge on any atom is 0.0642 e. The van der Waals surface area contributed by atoms with Gasteiger partial charge in [-0.15, -0.1) is 0 Å². The number of rotatable bonds is 0. The monoisotopic (exact) mass is 132 g/mol. The smallest absolute Gasteiger partial charge is 0.0642 e. The summed E-state index contributed by atoms with van der Waals surface area (Å²) < 4.78 is 0. The van der Waals surface area contributed by atoms with Crippen molar-refractivity contribution in [3.05, 3.63) is 35.6 Å². The summed E-state index contributed by atoms with van der Waals surface area (Å²) in [5.41, 5.74) is 2.89. The van der Waals surface area contributed by atoms with Crippen LogP contribution in [-0.2, 0) is 0 Å². The van der Waals surface area contributed by atoms with Crippen LogP contribution in [0, 0.1) is 0 Å². The molecule has 10 heavy (non-hydrogen) atoms. The molecule has 0 aromatic rings. The van der Waals surface area contributed by atoms with Crippen molar-refractivity contribution in [2.75, 3.05) is 6.54 Å². The van der Waals surface area contributed by atoms with E-state index in [0.717, 1.165) is 6.54 Å². The van der Waals surface area contributed by atoms with Crippen LogP contribution in [0.4, 0.5) is 0 Å². The third-order valence-electron chi connectivity index (χ3n) is 1.95. The molecule has 1 nitrogen and oxygen atoms in total. The van der Waals surface area contributed by atoms with Gasteiger partial charge >= 0.3 is 0 Å². The van der Waals surface area contributed by atoms with Gasteiger partial charge in [0.1, 0.15) is 0 Å². The first-order valence-corrected chi connectivity index (χ1v) is 3.68. The first-order chi connectivity index (χ1) is 4.97. The zero-order valence-corrected chi connectivity index (χ0v) is 5.88. The topological polar surface area (TPSA) is 14.1 Å². The third-order valence-corrected chi connectivity index (χ3v) is 1.95. The average Bonchev–Trinajstić information content (AvgIpc) is 2.05. The van der Waals surface area contributed by atoms with Crippen molar-refractivity contribution in [2.45, 2.75) is 12.8 Å². The molecule has 2 aliphatic rings. The fraction of sp³-hybridized carbons (Fsp3) is 0.333. The minimum absolute atomic E-state index is 0.891. The molecule has 0 bridgehead atoms. The Hall–Kier alpha value is -0.980. The van der Waals surface area contributed by atoms with Crippen molar-refractivity contribution in [3.63, 3.8) is 0 Å². The summed E-state index contributed by atoms with van der Waals surface area (Å²) in [6.45, 7) is 0.891. The largest absolute Gasteiger partial charge is 0.288 e. The Morgan fingerprint density at radius 1 is 1.20 bits per heavy atom. The van der Waals surface area contributed by atoms with E-state index < -0.39 is 0 Å². The molecule has 0 saturated heterocycles. The van der Waals surface area contributed by atoms with Gasteiger partial charge in [-0.2, -0.15) is 0 Å². The summed E-state index contributed by atoms with van der Waals surface area (Å²) in [5.74, 6) is 0. The molecule has 0 saturated carbocycles. The Morgan fingerprint density at radius 3 is 3.10 bits per heavy atom. The Kier molecular flexibility index (Phi) is 1.35.